The van der Waals surface area contributed by atoms with Crippen LogP contribution in [-0.2, 0) is 17.6 Å². The quantitative estimate of drug-likeness (QED) is 0.717. The second kappa shape index (κ2) is 8.66. The van der Waals surface area contributed by atoms with Crippen molar-refractivity contribution in [3.63, 3.8) is 0 Å². The topological polar surface area (TPSA) is 94.9 Å². The largest absolute Gasteiger partial charge is 0.349 e. The van der Waals surface area contributed by atoms with E-state index in [2.05, 4.69) is 21.7 Å². The first-order valence-electron chi connectivity index (χ1n) is 9.89. The number of benzene rings is 1. The average molecular weight is 407 g/mol. The van der Waals surface area contributed by atoms with E-state index in [1.54, 1.807) is 24.3 Å². The molecule has 2 N–H and O–H groups in total. The number of anilines is 1. The molecule has 148 valence electrons. The Morgan fingerprint density at radius 3 is 2.83 bits per heavy atom. The number of nitrogens with zero attached hydrogens (tertiary/aromatic N) is 2. The Morgan fingerprint density at radius 2 is 2.03 bits per heavy atom. The summed E-state index contributed by atoms with van der Waals surface area (Å²) in [7, 11) is 0. The van der Waals surface area contributed by atoms with E-state index in [1.165, 1.54) is 11.8 Å². The van der Waals surface area contributed by atoms with Gasteiger partial charge in [0.2, 0.25) is 5.91 Å². The fraction of sp³-hybridized carbons (Fsp3) is 0.364. The van der Waals surface area contributed by atoms with Crippen LogP contribution in [0.3, 0.4) is 0 Å². The number of hydrogen-bond acceptors (Lipinski definition) is 5. The van der Waals surface area contributed by atoms with Gasteiger partial charge in [-0.1, -0.05) is 17.8 Å². The number of rotatable bonds is 6. The number of hydrogen-bond donors (Lipinski definition) is 2. The van der Waals surface area contributed by atoms with Crippen molar-refractivity contribution in [3.8, 4) is 6.07 Å². The molecule has 0 radical (unpaired) electrons. The lowest BCUT2D eigenvalue weighted by Gasteiger charge is -2.16. The fourth-order valence-electron chi connectivity index (χ4n) is 3.37. The van der Waals surface area contributed by atoms with Crippen molar-refractivity contribution in [1.29, 1.82) is 5.26 Å². The van der Waals surface area contributed by atoms with Gasteiger partial charge in [-0.25, -0.2) is 4.98 Å². The summed E-state index contributed by atoms with van der Waals surface area (Å²) in [6, 6.07) is 11.3. The predicted molar refractivity (Wildman–Crippen MR) is 112 cm³/mol. The highest BCUT2D eigenvalue weighted by Crippen LogP contribution is 2.27. The van der Waals surface area contributed by atoms with Crippen molar-refractivity contribution >= 4 is 29.3 Å². The zero-order valence-electron chi connectivity index (χ0n) is 16.0. The van der Waals surface area contributed by atoms with Crippen molar-refractivity contribution in [2.75, 3.05) is 11.1 Å². The van der Waals surface area contributed by atoms with Crippen LogP contribution in [0.15, 0.2) is 35.4 Å². The van der Waals surface area contributed by atoms with Crippen LogP contribution in [0.25, 0.3) is 0 Å². The SMILES string of the molecule is N#Cc1cc2c(nc1SCC(=O)Nc1cccc(C(=O)NC3CC3)c1)CCCC2. The van der Waals surface area contributed by atoms with E-state index in [0.717, 1.165) is 49.8 Å². The highest BCUT2D eigenvalue weighted by molar-refractivity contribution is 8.00. The number of carbonyl (C=O) groups is 2. The Hall–Kier alpha value is -2.85. The van der Waals surface area contributed by atoms with Gasteiger partial charge in [-0.15, -0.1) is 0 Å². The van der Waals surface area contributed by atoms with Gasteiger partial charge in [0.05, 0.1) is 11.3 Å². The van der Waals surface area contributed by atoms with E-state index in [0.29, 0.717) is 21.8 Å². The summed E-state index contributed by atoms with van der Waals surface area (Å²) in [5, 5.41) is 15.8. The molecule has 7 heteroatoms. The van der Waals surface area contributed by atoms with Gasteiger partial charge in [-0.3, -0.25) is 9.59 Å². The van der Waals surface area contributed by atoms with E-state index >= 15 is 0 Å². The molecular weight excluding hydrogens is 384 g/mol. The van der Waals surface area contributed by atoms with E-state index in [9.17, 15) is 14.9 Å². The molecule has 1 saturated carbocycles. The number of nitrogens with one attached hydrogen (secondary N) is 2. The third-order valence-electron chi connectivity index (χ3n) is 5.05. The lowest BCUT2D eigenvalue weighted by atomic mass is 9.95. The minimum Gasteiger partial charge on any atom is -0.349 e. The van der Waals surface area contributed by atoms with Crippen molar-refractivity contribution < 1.29 is 9.59 Å². The Kier molecular flexibility index (Phi) is 5.81. The van der Waals surface area contributed by atoms with Crippen LogP contribution in [-0.4, -0.2) is 28.6 Å². The number of pyridine rings is 1. The van der Waals surface area contributed by atoms with E-state index in [4.69, 9.17) is 0 Å². The first-order chi connectivity index (χ1) is 14.1. The molecule has 0 bridgehead atoms. The fourth-order valence-corrected chi connectivity index (χ4v) is 4.15. The van der Waals surface area contributed by atoms with Gasteiger partial charge in [0.25, 0.3) is 5.91 Å². The van der Waals surface area contributed by atoms with Crippen molar-refractivity contribution in [1.82, 2.24) is 10.3 Å². The molecule has 0 aliphatic heterocycles. The Labute approximate surface area is 174 Å². The Bertz CT molecular complexity index is 995. The molecule has 1 heterocycles. The van der Waals surface area contributed by atoms with Crippen LogP contribution in [0.2, 0.25) is 0 Å². The monoisotopic (exact) mass is 406 g/mol. The molecule has 1 aromatic carbocycles. The van der Waals surface area contributed by atoms with Crippen molar-refractivity contribution in [2.24, 2.45) is 0 Å². The summed E-state index contributed by atoms with van der Waals surface area (Å²) in [5.74, 6) is -0.160. The van der Waals surface area contributed by atoms with Crippen molar-refractivity contribution in [2.45, 2.75) is 49.6 Å². The van der Waals surface area contributed by atoms with Crippen LogP contribution in [0, 0.1) is 11.3 Å². The van der Waals surface area contributed by atoms with Crippen LogP contribution in [0.4, 0.5) is 5.69 Å². The Morgan fingerprint density at radius 1 is 1.21 bits per heavy atom. The smallest absolute Gasteiger partial charge is 0.251 e. The maximum atomic E-state index is 12.4. The van der Waals surface area contributed by atoms with Crippen LogP contribution >= 0.6 is 11.8 Å². The molecule has 2 aromatic rings. The average Bonchev–Trinajstić information content (AvgIpc) is 3.55. The standard InChI is InChI=1S/C22H22N4O2S/c23-12-16-10-14-4-1-2-7-19(14)26-22(16)29-13-20(27)24-18-6-3-5-15(11-18)21(28)25-17-8-9-17/h3,5-6,10-11,17H,1-2,4,7-9,13H2,(H,24,27)(H,25,28). The summed E-state index contributed by atoms with van der Waals surface area (Å²) >= 11 is 1.27. The molecule has 1 aromatic heterocycles. The summed E-state index contributed by atoms with van der Waals surface area (Å²) < 4.78 is 0. The van der Waals surface area contributed by atoms with E-state index in [1.807, 2.05) is 6.07 Å². The van der Waals surface area contributed by atoms with Crippen LogP contribution in [0.5, 0.6) is 0 Å². The first-order valence-corrected chi connectivity index (χ1v) is 10.9. The van der Waals surface area contributed by atoms with Crippen LogP contribution in [0.1, 0.15) is 52.9 Å². The number of thioether (sulfide) groups is 1. The molecule has 0 spiro atoms. The zero-order valence-corrected chi connectivity index (χ0v) is 16.8. The summed E-state index contributed by atoms with van der Waals surface area (Å²) in [5.41, 5.74) is 3.85. The zero-order chi connectivity index (χ0) is 20.2. The summed E-state index contributed by atoms with van der Waals surface area (Å²) in [6.45, 7) is 0. The number of carbonyl (C=O) groups excluding carboxylic acids is 2. The molecule has 0 atom stereocenters. The number of aromatic nitrogens is 1. The first kappa shape index (κ1) is 19.5. The third kappa shape index (κ3) is 4.96. The van der Waals surface area contributed by atoms with Gasteiger partial charge in [-0.05, 0) is 68.4 Å². The highest BCUT2D eigenvalue weighted by atomic mass is 32.2. The molecular formula is C22H22N4O2S. The van der Waals surface area contributed by atoms with Gasteiger partial charge >= 0.3 is 0 Å². The summed E-state index contributed by atoms with van der Waals surface area (Å²) in [6.07, 6.45) is 6.19. The second-order valence-corrected chi connectivity index (χ2v) is 8.40. The number of aryl methyl sites for hydroxylation is 2. The maximum Gasteiger partial charge on any atom is 0.251 e. The van der Waals surface area contributed by atoms with E-state index < -0.39 is 0 Å². The third-order valence-corrected chi connectivity index (χ3v) is 6.04. The lowest BCUT2D eigenvalue weighted by molar-refractivity contribution is -0.113. The molecule has 29 heavy (non-hydrogen) atoms. The minimum atomic E-state index is -0.196. The van der Waals surface area contributed by atoms with E-state index in [-0.39, 0.29) is 23.6 Å². The molecule has 6 nitrogen and oxygen atoms in total. The van der Waals surface area contributed by atoms with Gasteiger partial charge in [-0.2, -0.15) is 5.26 Å². The molecule has 2 aliphatic rings. The number of nitriles is 1. The summed E-state index contributed by atoms with van der Waals surface area (Å²) in [4.78, 5) is 29.2. The predicted octanol–water partition coefficient (Wildman–Crippen LogP) is 3.46. The molecule has 2 aliphatic carbocycles. The maximum absolute atomic E-state index is 12.4. The molecule has 0 saturated heterocycles. The molecule has 0 unspecified atom stereocenters. The van der Waals surface area contributed by atoms with Gasteiger partial charge < -0.3 is 10.6 Å². The normalized spacial score (nSPS) is 15.1. The van der Waals surface area contributed by atoms with Gasteiger partial charge in [0.1, 0.15) is 11.1 Å². The van der Waals surface area contributed by atoms with Gasteiger partial charge in [0, 0.05) is 23.0 Å². The second-order valence-electron chi connectivity index (χ2n) is 7.43. The molecule has 1 fully saturated rings. The lowest BCUT2D eigenvalue weighted by Crippen LogP contribution is -2.25. The molecule has 4 rings (SSSR count). The van der Waals surface area contributed by atoms with Gasteiger partial charge in [0.15, 0.2) is 0 Å². The van der Waals surface area contributed by atoms with Crippen molar-refractivity contribution in [3.05, 3.63) is 52.7 Å². The van der Waals surface area contributed by atoms with Crippen LogP contribution < -0.4 is 10.6 Å². The Balaban J connectivity index is 1.38. The highest BCUT2D eigenvalue weighted by Gasteiger charge is 2.24. The number of fused-ring (bicyclic) bond motifs is 1. The molecule has 2 amide bonds. The number of amides is 2. The minimum absolute atomic E-state index is 0.116.